The van der Waals surface area contributed by atoms with Gasteiger partial charge in [0, 0.05) is 25.7 Å². The molecule has 3 rings (SSSR count). The smallest absolute Gasteiger partial charge is 0.352 e. The van der Waals surface area contributed by atoms with E-state index in [0.717, 1.165) is 17.9 Å². The van der Waals surface area contributed by atoms with Crippen LogP contribution in [0.4, 0.5) is 10.2 Å². The number of anilines is 1. The van der Waals surface area contributed by atoms with Gasteiger partial charge in [-0.25, -0.2) is 9.18 Å². The summed E-state index contributed by atoms with van der Waals surface area (Å²) in [5.74, 6) is 0.767. The molecule has 0 aliphatic carbocycles. The highest BCUT2D eigenvalue weighted by Crippen LogP contribution is 2.22. The first kappa shape index (κ1) is 14.3. The Kier molecular flexibility index (Phi) is 3.91. The van der Waals surface area contributed by atoms with Crippen LogP contribution in [0.3, 0.4) is 0 Å². The van der Waals surface area contributed by atoms with Gasteiger partial charge in [0.2, 0.25) is 5.88 Å². The van der Waals surface area contributed by atoms with Gasteiger partial charge in [-0.05, 0) is 17.7 Å². The molecule has 1 aliphatic heterocycles. The average Bonchev–Trinajstić information content (AvgIpc) is 2.91. The van der Waals surface area contributed by atoms with Crippen molar-refractivity contribution in [1.82, 2.24) is 9.55 Å². The second-order valence-electron chi connectivity index (χ2n) is 5.04. The molecule has 1 aromatic carbocycles. The van der Waals surface area contributed by atoms with Crippen LogP contribution < -0.4 is 15.3 Å². The molecule has 114 valence electrons. The quantitative estimate of drug-likeness (QED) is 0.792. The summed E-state index contributed by atoms with van der Waals surface area (Å²) in [6, 6.07) is 7.77. The van der Waals surface area contributed by atoms with E-state index < -0.39 is 0 Å². The number of hydrogen-bond donors (Lipinski definition) is 0. The maximum Gasteiger partial charge on any atom is 0.352 e. The van der Waals surface area contributed by atoms with Crippen molar-refractivity contribution in [3.8, 4) is 5.88 Å². The highest BCUT2D eigenvalue weighted by molar-refractivity contribution is 5.45. The zero-order valence-electron chi connectivity index (χ0n) is 12.0. The van der Waals surface area contributed by atoms with E-state index in [2.05, 4.69) is 11.6 Å². The van der Waals surface area contributed by atoms with Gasteiger partial charge >= 0.3 is 5.69 Å². The summed E-state index contributed by atoms with van der Waals surface area (Å²) >= 11 is 0. The monoisotopic (exact) mass is 301 g/mol. The lowest BCUT2D eigenvalue weighted by molar-refractivity contribution is 0.291. The predicted molar refractivity (Wildman–Crippen MR) is 81.6 cm³/mol. The molecule has 0 unspecified atom stereocenters. The van der Waals surface area contributed by atoms with Gasteiger partial charge in [-0.1, -0.05) is 18.2 Å². The van der Waals surface area contributed by atoms with E-state index in [9.17, 15) is 9.18 Å². The molecule has 1 aromatic heterocycles. The maximum absolute atomic E-state index is 12.9. The lowest BCUT2D eigenvalue weighted by Crippen LogP contribution is -2.23. The number of fused-ring (bicyclic) bond motifs is 1. The summed E-state index contributed by atoms with van der Waals surface area (Å²) in [5.41, 5.74) is 0.491. The first-order chi connectivity index (χ1) is 10.7. The van der Waals surface area contributed by atoms with Crippen LogP contribution in [-0.2, 0) is 13.2 Å². The Balaban J connectivity index is 1.79. The highest BCUT2D eigenvalue weighted by Gasteiger charge is 2.20. The van der Waals surface area contributed by atoms with Crippen molar-refractivity contribution >= 4 is 5.82 Å². The number of ether oxygens (including phenoxy) is 1. The maximum atomic E-state index is 12.9. The van der Waals surface area contributed by atoms with Crippen LogP contribution in [0.25, 0.3) is 0 Å². The zero-order chi connectivity index (χ0) is 15.5. The van der Waals surface area contributed by atoms with Crippen LogP contribution in [0, 0.1) is 5.82 Å². The van der Waals surface area contributed by atoms with Crippen LogP contribution in [0.1, 0.15) is 5.56 Å². The van der Waals surface area contributed by atoms with Gasteiger partial charge in [0.25, 0.3) is 0 Å². The van der Waals surface area contributed by atoms with Gasteiger partial charge in [-0.2, -0.15) is 4.98 Å². The Hall–Kier alpha value is -2.63. The molecule has 2 heterocycles. The third-order valence-corrected chi connectivity index (χ3v) is 3.53. The molecule has 0 fully saturated rings. The predicted octanol–water partition coefficient (Wildman–Crippen LogP) is 1.97. The third kappa shape index (κ3) is 2.86. The van der Waals surface area contributed by atoms with Crippen molar-refractivity contribution in [3.63, 3.8) is 0 Å². The van der Waals surface area contributed by atoms with Crippen molar-refractivity contribution < 1.29 is 9.13 Å². The summed E-state index contributed by atoms with van der Waals surface area (Å²) in [6.07, 6.45) is 1.79. The van der Waals surface area contributed by atoms with Crippen LogP contribution in [0.2, 0.25) is 0 Å². The number of benzene rings is 1. The lowest BCUT2D eigenvalue weighted by atomic mass is 10.2. The summed E-state index contributed by atoms with van der Waals surface area (Å²) in [6.45, 7) is 5.99. The van der Waals surface area contributed by atoms with Crippen molar-refractivity contribution in [3.05, 3.63) is 64.9 Å². The number of rotatable bonds is 5. The van der Waals surface area contributed by atoms with Gasteiger partial charge in [0.15, 0.2) is 0 Å². The molecular formula is C16H16FN3O2. The number of hydrogen-bond acceptors (Lipinski definition) is 4. The van der Waals surface area contributed by atoms with Gasteiger partial charge < -0.3 is 9.64 Å². The van der Waals surface area contributed by atoms with Gasteiger partial charge in [-0.3, -0.25) is 4.57 Å². The normalized spacial score (nSPS) is 13.0. The Bertz CT molecular complexity index is 740. The first-order valence-electron chi connectivity index (χ1n) is 7.02. The largest absolute Gasteiger partial charge is 0.473 e. The van der Waals surface area contributed by atoms with E-state index in [1.165, 1.54) is 12.1 Å². The van der Waals surface area contributed by atoms with Crippen molar-refractivity contribution in [2.24, 2.45) is 0 Å². The van der Waals surface area contributed by atoms with Crippen LogP contribution >= 0.6 is 0 Å². The molecule has 2 aromatic rings. The molecular weight excluding hydrogens is 285 g/mol. The van der Waals surface area contributed by atoms with Gasteiger partial charge in [0.1, 0.15) is 18.2 Å². The fraction of sp³-hybridized carbons (Fsp3) is 0.250. The van der Waals surface area contributed by atoms with E-state index in [1.807, 2.05) is 4.90 Å². The SMILES string of the molecule is C=CCN1CCn2c1cc(OCc1ccc(F)cc1)nc2=O. The molecule has 0 N–H and O–H groups in total. The summed E-state index contributed by atoms with van der Waals surface area (Å²) in [4.78, 5) is 18.0. The minimum absolute atomic E-state index is 0.234. The lowest BCUT2D eigenvalue weighted by Gasteiger charge is -2.16. The topological polar surface area (TPSA) is 47.4 Å². The zero-order valence-corrected chi connectivity index (χ0v) is 12.0. The Labute approximate surface area is 127 Å². The van der Waals surface area contributed by atoms with Crippen LogP contribution in [0.5, 0.6) is 5.88 Å². The van der Waals surface area contributed by atoms with Crippen LogP contribution in [0.15, 0.2) is 47.8 Å². The van der Waals surface area contributed by atoms with Crippen molar-refractivity contribution in [1.29, 1.82) is 0 Å². The molecule has 0 bridgehead atoms. The second kappa shape index (κ2) is 6.01. The molecule has 0 amide bonds. The minimum Gasteiger partial charge on any atom is -0.473 e. The molecule has 0 radical (unpaired) electrons. The Morgan fingerprint density at radius 3 is 2.82 bits per heavy atom. The molecule has 22 heavy (non-hydrogen) atoms. The summed E-state index contributed by atoms with van der Waals surface area (Å²) in [7, 11) is 0. The van der Waals surface area contributed by atoms with E-state index in [-0.39, 0.29) is 24.0 Å². The van der Waals surface area contributed by atoms with Gasteiger partial charge in [0.05, 0.1) is 0 Å². The fourth-order valence-corrected chi connectivity index (χ4v) is 2.43. The third-order valence-electron chi connectivity index (χ3n) is 3.53. The Morgan fingerprint density at radius 2 is 2.09 bits per heavy atom. The van der Waals surface area contributed by atoms with Crippen molar-refractivity contribution in [2.45, 2.75) is 13.2 Å². The van der Waals surface area contributed by atoms with Gasteiger partial charge in [-0.15, -0.1) is 6.58 Å². The Morgan fingerprint density at radius 1 is 1.32 bits per heavy atom. The molecule has 0 saturated carbocycles. The molecule has 1 aliphatic rings. The fourth-order valence-electron chi connectivity index (χ4n) is 2.43. The molecule has 0 spiro atoms. The highest BCUT2D eigenvalue weighted by atomic mass is 19.1. The molecule has 6 heteroatoms. The number of aromatic nitrogens is 2. The second-order valence-corrected chi connectivity index (χ2v) is 5.04. The summed E-state index contributed by atoms with van der Waals surface area (Å²) in [5, 5.41) is 0. The van der Waals surface area contributed by atoms with E-state index in [4.69, 9.17) is 4.74 Å². The average molecular weight is 301 g/mol. The van der Waals surface area contributed by atoms with E-state index in [1.54, 1.807) is 28.8 Å². The molecule has 0 atom stereocenters. The summed E-state index contributed by atoms with van der Waals surface area (Å²) < 4.78 is 20.0. The van der Waals surface area contributed by atoms with E-state index >= 15 is 0 Å². The van der Waals surface area contributed by atoms with Crippen LogP contribution in [-0.4, -0.2) is 22.6 Å². The molecule has 5 nitrogen and oxygen atoms in total. The minimum atomic E-state index is -0.321. The first-order valence-corrected chi connectivity index (χ1v) is 7.02. The molecule has 0 saturated heterocycles. The van der Waals surface area contributed by atoms with Crippen molar-refractivity contribution in [2.75, 3.05) is 18.0 Å². The number of nitrogens with zero attached hydrogens (tertiary/aromatic N) is 3. The number of halogens is 1. The van der Waals surface area contributed by atoms with E-state index in [0.29, 0.717) is 13.1 Å². The standard InChI is InChI=1S/C16H16FN3O2/c1-2-7-19-8-9-20-15(19)10-14(18-16(20)21)22-11-12-3-5-13(17)6-4-12/h2-6,10H,1,7-9,11H2.